The molecule has 4 aromatic carbocycles. The summed E-state index contributed by atoms with van der Waals surface area (Å²) in [5.74, 6) is -4.85. The van der Waals surface area contributed by atoms with E-state index in [1.807, 2.05) is 0 Å². The first kappa shape index (κ1) is 30.2. The monoisotopic (exact) mass is 595 g/mol. The molecule has 0 heterocycles. The van der Waals surface area contributed by atoms with Gasteiger partial charge in [0.1, 0.15) is 0 Å². The molecule has 0 fully saturated rings. The van der Waals surface area contributed by atoms with Crippen LogP contribution in [0.25, 0.3) is 0 Å². The molecule has 0 spiro atoms. The molecule has 220 valence electrons. The van der Waals surface area contributed by atoms with Gasteiger partial charge in [-0.25, -0.2) is 0 Å². The number of hydrogen-bond acceptors (Lipinski definition) is 9. The summed E-state index contributed by atoms with van der Waals surface area (Å²) in [4.78, 5) is 74.2. The maximum Gasteiger partial charge on any atom is 0.271 e. The lowest BCUT2D eigenvalue weighted by Crippen LogP contribution is -2.31. The number of nitrogens with one attached hydrogen (secondary N) is 3. The van der Waals surface area contributed by atoms with E-state index in [1.165, 1.54) is 42.5 Å². The number of carbonyl (C=O) groups excluding carboxylic acids is 4. The lowest BCUT2D eigenvalue weighted by molar-refractivity contribution is -0.385. The summed E-state index contributed by atoms with van der Waals surface area (Å²) in [6, 6.07) is 18.4. The second-order valence-electron chi connectivity index (χ2n) is 9.09. The Bertz CT molecular complexity index is 1890. The number of rotatable bonds is 10. The second kappa shape index (κ2) is 12.4. The van der Waals surface area contributed by atoms with Crippen molar-refractivity contribution in [3.8, 4) is 0 Å². The van der Waals surface area contributed by atoms with E-state index in [1.54, 1.807) is 18.2 Å². The number of benzene rings is 4. The minimum atomic E-state index is -1.33. The molecule has 0 aromatic heterocycles. The Kier molecular flexibility index (Phi) is 8.51. The van der Waals surface area contributed by atoms with Crippen molar-refractivity contribution < 1.29 is 29.0 Å². The van der Waals surface area contributed by atoms with E-state index in [0.29, 0.717) is 0 Å². The minimum absolute atomic E-state index is 0.0777. The SMILES string of the molecule is N=C(c1ccccc1)c1cc(C(N)=O)c(C(N)=O)c(C(=O)Nc2cccc([N+](=O)[O-])c2)c1C(=O)Nc1cccc([N+](=O)[O-])c1. The van der Waals surface area contributed by atoms with Crippen LogP contribution in [0.2, 0.25) is 0 Å². The predicted octanol–water partition coefficient (Wildman–Crippen LogP) is 3.62. The van der Waals surface area contributed by atoms with Gasteiger partial charge in [-0.15, -0.1) is 0 Å². The fraction of sp³-hybridized carbons (Fsp3) is 0. The van der Waals surface area contributed by atoms with E-state index in [-0.39, 0.29) is 39.6 Å². The summed E-state index contributed by atoms with van der Waals surface area (Å²) in [6.07, 6.45) is 0. The van der Waals surface area contributed by atoms with Gasteiger partial charge in [-0.3, -0.25) is 44.8 Å². The molecule has 0 aliphatic rings. The molecule has 0 atom stereocenters. The molecule has 0 saturated heterocycles. The number of non-ortho nitro benzene ring substituents is 2. The zero-order valence-corrected chi connectivity index (χ0v) is 22.4. The van der Waals surface area contributed by atoms with Gasteiger partial charge < -0.3 is 22.1 Å². The maximum absolute atomic E-state index is 13.9. The van der Waals surface area contributed by atoms with Gasteiger partial charge in [-0.1, -0.05) is 42.5 Å². The Balaban J connectivity index is 2.01. The van der Waals surface area contributed by atoms with Crippen LogP contribution in [0.5, 0.6) is 0 Å². The van der Waals surface area contributed by atoms with Gasteiger partial charge in [0, 0.05) is 46.8 Å². The van der Waals surface area contributed by atoms with Crippen molar-refractivity contribution in [2.24, 2.45) is 11.5 Å². The van der Waals surface area contributed by atoms with Crippen LogP contribution in [0.15, 0.2) is 84.9 Å². The van der Waals surface area contributed by atoms with Gasteiger partial charge in [0.25, 0.3) is 23.2 Å². The standard InChI is InChI=1S/C29H21N7O8/c30-25(15-6-2-1-3-7-15)20-14-21(26(31)37)22(27(32)38)24(29(40)34-17-9-5-11-19(13-17)36(43)44)23(20)28(39)33-16-8-4-10-18(12-16)35(41)42/h1-14,30H,(H2,31,37)(H2,32,38)(H,33,39)(H,34,40). The van der Waals surface area contributed by atoms with Crippen molar-refractivity contribution in [2.45, 2.75) is 0 Å². The van der Waals surface area contributed by atoms with Crippen molar-refractivity contribution in [3.05, 3.63) is 139 Å². The molecule has 4 aromatic rings. The van der Waals surface area contributed by atoms with Crippen LogP contribution in [0, 0.1) is 25.6 Å². The van der Waals surface area contributed by atoms with Crippen LogP contribution < -0.4 is 22.1 Å². The number of amides is 4. The summed E-state index contributed by atoms with van der Waals surface area (Å²) < 4.78 is 0. The molecule has 0 aliphatic carbocycles. The first-order valence-electron chi connectivity index (χ1n) is 12.5. The minimum Gasteiger partial charge on any atom is -0.366 e. The van der Waals surface area contributed by atoms with Crippen LogP contribution >= 0.6 is 0 Å². The summed E-state index contributed by atoms with van der Waals surface area (Å²) in [5, 5.41) is 36.2. The molecule has 0 saturated carbocycles. The number of nitrogens with two attached hydrogens (primary N) is 2. The number of carbonyl (C=O) groups is 4. The molecule has 7 N–H and O–H groups in total. The van der Waals surface area contributed by atoms with E-state index < -0.39 is 55.7 Å². The van der Waals surface area contributed by atoms with Crippen LogP contribution in [-0.4, -0.2) is 39.2 Å². The fourth-order valence-electron chi connectivity index (χ4n) is 4.34. The molecule has 15 nitrogen and oxygen atoms in total. The van der Waals surface area contributed by atoms with Crippen LogP contribution in [0.3, 0.4) is 0 Å². The van der Waals surface area contributed by atoms with E-state index in [2.05, 4.69) is 10.6 Å². The number of nitro groups is 2. The van der Waals surface area contributed by atoms with Crippen molar-refractivity contribution >= 4 is 52.1 Å². The zero-order chi connectivity index (χ0) is 32.1. The van der Waals surface area contributed by atoms with Crippen LogP contribution in [0.1, 0.15) is 52.6 Å². The van der Waals surface area contributed by atoms with Crippen molar-refractivity contribution in [2.75, 3.05) is 10.6 Å². The Morgan fingerprint density at radius 2 is 1.11 bits per heavy atom. The highest BCUT2D eigenvalue weighted by molar-refractivity contribution is 6.28. The summed E-state index contributed by atoms with van der Waals surface area (Å²) in [6.45, 7) is 0. The average molecular weight is 596 g/mol. The third-order valence-electron chi connectivity index (χ3n) is 6.25. The molecule has 4 rings (SSSR count). The molecule has 0 bridgehead atoms. The smallest absolute Gasteiger partial charge is 0.271 e. The van der Waals surface area contributed by atoms with E-state index in [0.717, 1.165) is 24.3 Å². The first-order valence-corrected chi connectivity index (χ1v) is 12.5. The van der Waals surface area contributed by atoms with Crippen molar-refractivity contribution in [1.82, 2.24) is 0 Å². The van der Waals surface area contributed by atoms with Gasteiger partial charge in [0.2, 0.25) is 11.8 Å². The predicted molar refractivity (Wildman–Crippen MR) is 158 cm³/mol. The Hall–Kier alpha value is -6.77. The molecule has 15 heteroatoms. The van der Waals surface area contributed by atoms with Gasteiger partial charge in [-0.05, 0) is 18.2 Å². The lowest BCUT2D eigenvalue weighted by atomic mass is 9.86. The topological polar surface area (TPSA) is 255 Å². The Labute approximate surface area is 247 Å². The number of hydrogen-bond donors (Lipinski definition) is 5. The Morgan fingerprint density at radius 1 is 0.614 bits per heavy atom. The molecular weight excluding hydrogens is 574 g/mol. The molecule has 0 aliphatic heterocycles. The third kappa shape index (κ3) is 6.26. The van der Waals surface area contributed by atoms with Gasteiger partial charge in [-0.2, -0.15) is 0 Å². The van der Waals surface area contributed by atoms with Gasteiger partial charge in [0.15, 0.2) is 0 Å². The maximum atomic E-state index is 13.9. The number of primary amides is 2. The zero-order valence-electron chi connectivity index (χ0n) is 22.4. The third-order valence-corrected chi connectivity index (χ3v) is 6.25. The van der Waals surface area contributed by atoms with E-state index >= 15 is 0 Å². The van der Waals surface area contributed by atoms with Gasteiger partial charge >= 0.3 is 0 Å². The molecule has 44 heavy (non-hydrogen) atoms. The quantitative estimate of drug-likeness (QED) is 0.102. The van der Waals surface area contributed by atoms with Crippen molar-refractivity contribution in [3.63, 3.8) is 0 Å². The van der Waals surface area contributed by atoms with Gasteiger partial charge in [0.05, 0.1) is 37.8 Å². The van der Waals surface area contributed by atoms with Crippen molar-refractivity contribution in [1.29, 1.82) is 5.41 Å². The highest BCUT2D eigenvalue weighted by atomic mass is 16.6. The molecule has 4 amide bonds. The summed E-state index contributed by atoms with van der Waals surface area (Å²) >= 11 is 0. The van der Waals surface area contributed by atoms with E-state index in [4.69, 9.17) is 16.9 Å². The highest BCUT2D eigenvalue weighted by Gasteiger charge is 2.33. The summed E-state index contributed by atoms with van der Waals surface area (Å²) in [7, 11) is 0. The average Bonchev–Trinajstić information content (AvgIpc) is 3.00. The van der Waals surface area contributed by atoms with E-state index in [9.17, 15) is 39.4 Å². The number of anilines is 2. The largest absolute Gasteiger partial charge is 0.366 e. The normalized spacial score (nSPS) is 10.4. The number of nitrogens with zero attached hydrogens (tertiary/aromatic N) is 2. The fourth-order valence-corrected chi connectivity index (χ4v) is 4.34. The summed E-state index contributed by atoms with van der Waals surface area (Å²) in [5.41, 5.74) is 7.03. The number of nitro benzene ring substituents is 2. The second-order valence-corrected chi connectivity index (χ2v) is 9.09. The lowest BCUT2D eigenvalue weighted by Gasteiger charge is -2.20. The highest BCUT2D eigenvalue weighted by Crippen LogP contribution is 2.29. The first-order chi connectivity index (χ1) is 20.9. The molecule has 0 unspecified atom stereocenters. The van der Waals surface area contributed by atoms with Crippen LogP contribution in [0.4, 0.5) is 22.7 Å². The van der Waals surface area contributed by atoms with Crippen LogP contribution in [-0.2, 0) is 0 Å². The molecule has 0 radical (unpaired) electrons. The molecular formula is C29H21N7O8. The Morgan fingerprint density at radius 3 is 1.57 bits per heavy atom.